The SMILES string of the molecule is C1=COCN1.C1COCCN1. The van der Waals surface area contributed by atoms with Crippen LogP contribution in [-0.4, -0.2) is 33.0 Å². The summed E-state index contributed by atoms with van der Waals surface area (Å²) in [6.45, 7) is 4.47. The Labute approximate surface area is 66.6 Å². The van der Waals surface area contributed by atoms with Gasteiger partial charge in [0.05, 0.1) is 13.2 Å². The second-order valence-corrected chi connectivity index (χ2v) is 2.18. The molecule has 0 aromatic rings. The number of ether oxygens (including phenoxy) is 2. The van der Waals surface area contributed by atoms with Crippen molar-refractivity contribution in [2.75, 3.05) is 33.0 Å². The number of morpholine rings is 1. The molecular formula is C7H14N2O2. The monoisotopic (exact) mass is 158 g/mol. The fourth-order valence-electron chi connectivity index (χ4n) is 0.756. The molecule has 0 aromatic heterocycles. The number of rotatable bonds is 0. The van der Waals surface area contributed by atoms with E-state index < -0.39 is 0 Å². The summed E-state index contributed by atoms with van der Waals surface area (Å²) in [5.74, 6) is 0. The average Bonchev–Trinajstić information content (AvgIpc) is 2.64. The highest BCUT2D eigenvalue weighted by Crippen LogP contribution is 1.78. The summed E-state index contributed by atoms with van der Waals surface area (Å²) in [6, 6.07) is 0. The molecule has 0 saturated carbocycles. The Kier molecular flexibility index (Phi) is 4.56. The summed E-state index contributed by atoms with van der Waals surface area (Å²) in [5, 5.41) is 5.98. The third-order valence-corrected chi connectivity index (χ3v) is 1.30. The maximum atomic E-state index is 5.01. The van der Waals surface area contributed by atoms with Crippen LogP contribution in [0.25, 0.3) is 0 Å². The fraction of sp³-hybridized carbons (Fsp3) is 0.714. The summed E-state index contributed by atoms with van der Waals surface area (Å²) >= 11 is 0. The zero-order chi connectivity index (χ0) is 7.78. The predicted molar refractivity (Wildman–Crippen MR) is 41.9 cm³/mol. The summed E-state index contributed by atoms with van der Waals surface area (Å²) in [4.78, 5) is 0. The molecular weight excluding hydrogens is 144 g/mol. The fourth-order valence-corrected chi connectivity index (χ4v) is 0.756. The molecule has 2 aliphatic rings. The summed E-state index contributed by atoms with van der Waals surface area (Å²) in [5.41, 5.74) is 0. The molecule has 0 aromatic carbocycles. The maximum Gasteiger partial charge on any atom is 0.157 e. The first-order chi connectivity index (χ1) is 5.50. The standard InChI is InChI=1S/C4H9NO.C3H5NO/c1-3-6-4-2-5-1;1-2-5-3-4-1/h5H,1-4H2;1-2,4H,3H2. The first-order valence-electron chi connectivity index (χ1n) is 3.78. The molecule has 0 spiro atoms. The average molecular weight is 158 g/mol. The van der Waals surface area contributed by atoms with E-state index in [1.54, 1.807) is 12.5 Å². The summed E-state index contributed by atoms with van der Waals surface area (Å²) in [7, 11) is 0. The minimum atomic E-state index is 0.639. The minimum absolute atomic E-state index is 0.639. The van der Waals surface area contributed by atoms with Crippen molar-refractivity contribution < 1.29 is 9.47 Å². The normalized spacial score (nSPS) is 21.1. The lowest BCUT2D eigenvalue weighted by Gasteiger charge is -2.10. The van der Waals surface area contributed by atoms with Crippen LogP contribution in [0.5, 0.6) is 0 Å². The van der Waals surface area contributed by atoms with E-state index in [9.17, 15) is 0 Å². The van der Waals surface area contributed by atoms with E-state index in [0.717, 1.165) is 26.3 Å². The maximum absolute atomic E-state index is 5.01. The van der Waals surface area contributed by atoms with Crippen molar-refractivity contribution in [2.45, 2.75) is 0 Å². The third-order valence-electron chi connectivity index (χ3n) is 1.30. The lowest BCUT2D eigenvalue weighted by Crippen LogP contribution is -2.30. The van der Waals surface area contributed by atoms with E-state index in [2.05, 4.69) is 15.4 Å². The molecule has 0 unspecified atom stereocenters. The first-order valence-corrected chi connectivity index (χ1v) is 3.78. The van der Waals surface area contributed by atoms with Crippen LogP contribution < -0.4 is 10.6 Å². The van der Waals surface area contributed by atoms with Gasteiger partial charge < -0.3 is 20.1 Å². The van der Waals surface area contributed by atoms with Crippen molar-refractivity contribution in [2.24, 2.45) is 0 Å². The minimum Gasteiger partial charge on any atom is -0.479 e. The van der Waals surface area contributed by atoms with Crippen molar-refractivity contribution >= 4 is 0 Å². The molecule has 1 fully saturated rings. The molecule has 0 atom stereocenters. The predicted octanol–water partition coefficient (Wildman–Crippen LogP) is -0.359. The Bertz CT molecular complexity index is 95.5. The van der Waals surface area contributed by atoms with E-state index in [-0.39, 0.29) is 0 Å². The Morgan fingerprint density at radius 3 is 2.18 bits per heavy atom. The highest BCUT2D eigenvalue weighted by molar-refractivity contribution is 4.73. The molecule has 1 saturated heterocycles. The van der Waals surface area contributed by atoms with Crippen LogP contribution in [0.2, 0.25) is 0 Å². The van der Waals surface area contributed by atoms with Gasteiger partial charge in [0.15, 0.2) is 6.73 Å². The molecule has 0 radical (unpaired) electrons. The number of nitrogens with one attached hydrogen (secondary N) is 2. The van der Waals surface area contributed by atoms with Gasteiger partial charge in [-0.1, -0.05) is 0 Å². The van der Waals surface area contributed by atoms with Crippen LogP contribution in [0.4, 0.5) is 0 Å². The van der Waals surface area contributed by atoms with E-state index in [0.29, 0.717) is 6.73 Å². The largest absolute Gasteiger partial charge is 0.479 e. The molecule has 0 aliphatic carbocycles. The quantitative estimate of drug-likeness (QED) is 0.505. The molecule has 4 nitrogen and oxygen atoms in total. The number of hydrogen-bond acceptors (Lipinski definition) is 4. The van der Waals surface area contributed by atoms with E-state index in [1.807, 2.05) is 0 Å². The first kappa shape index (κ1) is 8.36. The van der Waals surface area contributed by atoms with Crippen molar-refractivity contribution in [3.8, 4) is 0 Å². The van der Waals surface area contributed by atoms with E-state index in [4.69, 9.17) is 4.74 Å². The Hall–Kier alpha value is -0.740. The van der Waals surface area contributed by atoms with Crippen molar-refractivity contribution in [3.05, 3.63) is 12.5 Å². The van der Waals surface area contributed by atoms with E-state index in [1.165, 1.54) is 0 Å². The Balaban J connectivity index is 0.000000112. The van der Waals surface area contributed by atoms with Gasteiger partial charge in [0, 0.05) is 19.3 Å². The highest BCUT2D eigenvalue weighted by atomic mass is 16.5. The van der Waals surface area contributed by atoms with Crippen molar-refractivity contribution in [3.63, 3.8) is 0 Å². The second-order valence-electron chi connectivity index (χ2n) is 2.18. The Morgan fingerprint density at radius 1 is 1.18 bits per heavy atom. The third kappa shape index (κ3) is 4.64. The van der Waals surface area contributed by atoms with Gasteiger partial charge >= 0.3 is 0 Å². The van der Waals surface area contributed by atoms with Gasteiger partial charge in [0.2, 0.25) is 0 Å². The topological polar surface area (TPSA) is 42.5 Å². The molecule has 2 heterocycles. The van der Waals surface area contributed by atoms with Crippen LogP contribution in [-0.2, 0) is 9.47 Å². The lowest BCUT2D eigenvalue weighted by atomic mass is 10.5. The van der Waals surface area contributed by atoms with Gasteiger partial charge in [-0.25, -0.2) is 0 Å². The van der Waals surface area contributed by atoms with Gasteiger partial charge in [0.25, 0.3) is 0 Å². The molecule has 0 amide bonds. The molecule has 4 heteroatoms. The second kappa shape index (κ2) is 6.00. The molecule has 11 heavy (non-hydrogen) atoms. The van der Waals surface area contributed by atoms with Crippen molar-refractivity contribution in [1.82, 2.24) is 10.6 Å². The van der Waals surface area contributed by atoms with Crippen LogP contribution in [0.1, 0.15) is 0 Å². The zero-order valence-corrected chi connectivity index (χ0v) is 6.51. The Morgan fingerprint density at radius 2 is 2.00 bits per heavy atom. The van der Waals surface area contributed by atoms with Gasteiger partial charge in [-0.3, -0.25) is 0 Å². The molecule has 0 bridgehead atoms. The van der Waals surface area contributed by atoms with Gasteiger partial charge in [0.1, 0.15) is 6.26 Å². The van der Waals surface area contributed by atoms with Crippen LogP contribution in [0.3, 0.4) is 0 Å². The number of hydrogen-bond donors (Lipinski definition) is 2. The van der Waals surface area contributed by atoms with Crippen LogP contribution in [0.15, 0.2) is 12.5 Å². The lowest BCUT2D eigenvalue weighted by molar-refractivity contribution is 0.109. The molecule has 2 N–H and O–H groups in total. The van der Waals surface area contributed by atoms with Gasteiger partial charge in [-0.05, 0) is 0 Å². The molecule has 2 rings (SSSR count). The summed E-state index contributed by atoms with van der Waals surface area (Å²) < 4.78 is 9.66. The van der Waals surface area contributed by atoms with Gasteiger partial charge in [-0.15, -0.1) is 0 Å². The molecule has 2 aliphatic heterocycles. The van der Waals surface area contributed by atoms with Crippen LogP contribution >= 0.6 is 0 Å². The van der Waals surface area contributed by atoms with E-state index >= 15 is 0 Å². The summed E-state index contributed by atoms with van der Waals surface area (Å²) in [6.07, 6.45) is 3.39. The van der Waals surface area contributed by atoms with Gasteiger partial charge in [-0.2, -0.15) is 0 Å². The highest BCUT2D eigenvalue weighted by Gasteiger charge is 1.92. The van der Waals surface area contributed by atoms with Crippen LogP contribution in [0, 0.1) is 0 Å². The smallest absolute Gasteiger partial charge is 0.157 e. The molecule has 64 valence electrons. The zero-order valence-electron chi connectivity index (χ0n) is 6.51. The van der Waals surface area contributed by atoms with Crippen molar-refractivity contribution in [1.29, 1.82) is 0 Å².